The molecule has 1 aliphatic heterocycles. The van der Waals surface area contributed by atoms with Gasteiger partial charge in [-0.25, -0.2) is 9.97 Å². The summed E-state index contributed by atoms with van der Waals surface area (Å²) in [5, 5.41) is 2.81. The zero-order chi connectivity index (χ0) is 14.8. The normalized spacial score (nSPS) is 12.7. The van der Waals surface area contributed by atoms with E-state index in [0.29, 0.717) is 36.1 Å². The van der Waals surface area contributed by atoms with Crippen LogP contribution in [0.15, 0.2) is 24.9 Å². The Morgan fingerprint density at radius 3 is 2.83 bits per heavy atom. The molecule has 1 fully saturated rings. The fraction of sp³-hybridized carbons (Fsp3) is 0.200. The first kappa shape index (κ1) is 23.8. The number of nitrogens with one attached hydrogen (secondary N) is 1. The monoisotopic (exact) mass is 493 g/mol. The second-order valence-corrected chi connectivity index (χ2v) is 5.59. The molecule has 9 heteroatoms. The fourth-order valence-corrected chi connectivity index (χ4v) is 3.07. The summed E-state index contributed by atoms with van der Waals surface area (Å²) in [5.41, 5.74) is 0.577. The predicted molar refractivity (Wildman–Crippen MR) is 84.6 cm³/mol. The van der Waals surface area contributed by atoms with Crippen molar-refractivity contribution in [3.8, 4) is 0 Å². The van der Waals surface area contributed by atoms with E-state index in [-0.39, 0.29) is 84.7 Å². The Kier molecular flexibility index (Phi) is 10.6. The largest absolute Gasteiger partial charge is 0.521 e. The number of fused-ring (bicyclic) bond motifs is 1. The summed E-state index contributed by atoms with van der Waals surface area (Å²) < 4.78 is 0.878. The predicted octanol–water partition coefficient (Wildman–Crippen LogP) is 1.62. The van der Waals surface area contributed by atoms with Crippen molar-refractivity contribution in [3.63, 3.8) is 0 Å². The summed E-state index contributed by atoms with van der Waals surface area (Å²) in [6.45, 7) is 4.16. The minimum atomic E-state index is -0.230. The molecule has 3 heterocycles. The van der Waals surface area contributed by atoms with Gasteiger partial charge in [-0.1, -0.05) is 12.5 Å². The molecular weight excluding hydrogens is 478 g/mol. The number of aromatic nitrogens is 2. The minimum absolute atomic E-state index is 0. The SMILES string of the molecule is C=[C-]NC(=O)[C-]1CCN(C(=O)c2nc3ncccc3s2)C1.[CH3-].[Y].[Y]. The zero-order valence-electron chi connectivity index (χ0n) is 13.3. The van der Waals surface area contributed by atoms with E-state index in [1.54, 1.807) is 11.1 Å². The third-order valence-electron chi connectivity index (χ3n) is 3.22. The molecule has 0 aliphatic carbocycles. The van der Waals surface area contributed by atoms with Crippen LogP contribution in [0.2, 0.25) is 0 Å². The maximum Gasteiger partial charge on any atom is 0.280 e. The van der Waals surface area contributed by atoms with Gasteiger partial charge in [-0.15, -0.1) is 11.3 Å². The second kappa shape index (κ2) is 10.7. The maximum atomic E-state index is 12.4. The van der Waals surface area contributed by atoms with Crippen molar-refractivity contribution in [2.24, 2.45) is 0 Å². The van der Waals surface area contributed by atoms with Gasteiger partial charge in [0.1, 0.15) is 0 Å². The van der Waals surface area contributed by atoms with Crippen LogP contribution in [0, 0.1) is 19.5 Å². The molecule has 0 bridgehead atoms. The van der Waals surface area contributed by atoms with Gasteiger partial charge < -0.3 is 28.4 Å². The van der Waals surface area contributed by atoms with Gasteiger partial charge in [0.25, 0.3) is 5.91 Å². The molecular formula is C15H15N4O2SY2-3. The summed E-state index contributed by atoms with van der Waals surface area (Å²) in [6.07, 6.45) is 4.55. The summed E-state index contributed by atoms with van der Waals surface area (Å²) in [7, 11) is 0. The Balaban J connectivity index is 0.00000176. The molecule has 0 aromatic carbocycles. The van der Waals surface area contributed by atoms with Gasteiger partial charge in [0.15, 0.2) is 10.7 Å². The van der Waals surface area contributed by atoms with Crippen LogP contribution in [0.4, 0.5) is 0 Å². The Morgan fingerprint density at radius 2 is 2.17 bits per heavy atom. The van der Waals surface area contributed by atoms with E-state index in [0.717, 1.165) is 4.70 Å². The van der Waals surface area contributed by atoms with Gasteiger partial charge >= 0.3 is 0 Å². The van der Waals surface area contributed by atoms with E-state index in [1.165, 1.54) is 11.3 Å². The van der Waals surface area contributed by atoms with Crippen molar-refractivity contribution in [2.45, 2.75) is 6.42 Å². The van der Waals surface area contributed by atoms with Crippen molar-refractivity contribution in [3.05, 3.63) is 49.5 Å². The number of hydrogen-bond acceptors (Lipinski definition) is 5. The van der Waals surface area contributed by atoms with E-state index in [9.17, 15) is 9.59 Å². The second-order valence-electron chi connectivity index (χ2n) is 4.56. The van der Waals surface area contributed by atoms with E-state index in [2.05, 4.69) is 28.1 Å². The number of rotatable bonds is 3. The number of pyridine rings is 1. The van der Waals surface area contributed by atoms with Crippen LogP contribution in [-0.4, -0.2) is 39.8 Å². The van der Waals surface area contributed by atoms with Gasteiger partial charge in [-0.2, -0.15) is 19.2 Å². The van der Waals surface area contributed by atoms with Crippen molar-refractivity contribution in [1.82, 2.24) is 20.2 Å². The van der Waals surface area contributed by atoms with Crippen LogP contribution in [0.3, 0.4) is 0 Å². The molecule has 2 radical (unpaired) electrons. The van der Waals surface area contributed by atoms with E-state index in [1.807, 2.05) is 12.1 Å². The third kappa shape index (κ3) is 5.15. The molecule has 3 rings (SSSR count). The quantitative estimate of drug-likeness (QED) is 0.522. The number of likely N-dealkylation sites (tertiary alicyclic amines) is 1. The van der Waals surface area contributed by atoms with E-state index >= 15 is 0 Å². The van der Waals surface area contributed by atoms with Crippen LogP contribution < -0.4 is 5.32 Å². The third-order valence-corrected chi connectivity index (χ3v) is 4.22. The summed E-state index contributed by atoms with van der Waals surface area (Å²) in [6, 6.07) is 3.69. The molecule has 2 aromatic rings. The van der Waals surface area contributed by atoms with Gasteiger partial charge in [0.2, 0.25) is 0 Å². The van der Waals surface area contributed by atoms with E-state index in [4.69, 9.17) is 0 Å². The van der Waals surface area contributed by atoms with Crippen LogP contribution >= 0.6 is 11.3 Å². The molecule has 2 amide bonds. The van der Waals surface area contributed by atoms with Crippen molar-refractivity contribution in [2.75, 3.05) is 13.1 Å². The molecule has 0 unspecified atom stereocenters. The molecule has 0 atom stereocenters. The molecule has 1 saturated heterocycles. The van der Waals surface area contributed by atoms with Crippen LogP contribution in [-0.2, 0) is 70.2 Å². The Labute approximate surface area is 195 Å². The Morgan fingerprint density at radius 1 is 1.42 bits per heavy atom. The molecule has 0 saturated carbocycles. The zero-order valence-corrected chi connectivity index (χ0v) is 19.8. The smallest absolute Gasteiger partial charge is 0.280 e. The molecule has 1 N–H and O–H groups in total. The first-order valence-corrected chi connectivity index (χ1v) is 7.18. The van der Waals surface area contributed by atoms with Crippen LogP contribution in [0.25, 0.3) is 10.3 Å². The first-order valence-electron chi connectivity index (χ1n) is 6.37. The van der Waals surface area contributed by atoms with Crippen molar-refractivity contribution in [1.29, 1.82) is 0 Å². The molecule has 6 nitrogen and oxygen atoms in total. The van der Waals surface area contributed by atoms with Gasteiger partial charge in [-0.05, 0) is 18.7 Å². The summed E-state index contributed by atoms with van der Waals surface area (Å²) >= 11 is 1.32. The van der Waals surface area contributed by atoms with Crippen molar-refractivity contribution < 1.29 is 75.0 Å². The average Bonchev–Trinajstić information content (AvgIpc) is 3.13. The Hall–Kier alpha value is -0.202. The summed E-state index contributed by atoms with van der Waals surface area (Å²) in [5.74, 6) is 0.258. The standard InChI is InChI=1S/C14H12N4O2S.CH3.2Y/c1-2-15-12(19)9-5-7-18(8-9)14(20)13-17-11-10(21-13)4-3-6-16-11;;;/h3-4,6H,1,5,7-8H2,(H,15,19);1H3;;/q-2;-1;;. The fourth-order valence-electron chi connectivity index (χ4n) is 2.18. The molecule has 2 aromatic heterocycles. The molecule has 1 aliphatic rings. The number of hydrogen-bond donors (Lipinski definition) is 1. The van der Waals surface area contributed by atoms with Crippen LogP contribution in [0.1, 0.15) is 16.2 Å². The number of amides is 2. The van der Waals surface area contributed by atoms with Gasteiger partial charge in [0.05, 0.1) is 4.70 Å². The van der Waals surface area contributed by atoms with Gasteiger partial charge in [0, 0.05) is 71.6 Å². The summed E-state index contributed by atoms with van der Waals surface area (Å²) in [4.78, 5) is 34.1. The maximum absolute atomic E-state index is 12.4. The first-order chi connectivity index (χ1) is 10.2. The average molecular weight is 493 g/mol. The molecule has 24 heavy (non-hydrogen) atoms. The molecule has 122 valence electrons. The number of nitrogens with zero attached hydrogens (tertiary/aromatic N) is 3. The minimum Gasteiger partial charge on any atom is -0.521 e. The topological polar surface area (TPSA) is 75.2 Å². The van der Waals surface area contributed by atoms with Crippen molar-refractivity contribution >= 4 is 33.5 Å². The number of carbonyl (C=O) groups excluding carboxylic acids is 2. The van der Waals surface area contributed by atoms with Crippen LogP contribution in [0.5, 0.6) is 0 Å². The molecule has 0 spiro atoms. The number of thiazole rings is 1. The number of carbonyl (C=O) groups is 2. The van der Waals surface area contributed by atoms with E-state index < -0.39 is 0 Å². The van der Waals surface area contributed by atoms with Gasteiger partial charge in [-0.3, -0.25) is 4.79 Å². The Bertz CT molecular complexity index is 689.